The average molecular weight is 155 g/mol. The van der Waals surface area contributed by atoms with Gasteiger partial charge in [-0.15, -0.1) is 0 Å². The molecule has 0 bridgehead atoms. The summed E-state index contributed by atoms with van der Waals surface area (Å²) in [5, 5.41) is 0. The minimum atomic E-state index is -3.31. The second-order valence-electron chi connectivity index (χ2n) is 1.87. The quantitative estimate of drug-likeness (QED) is 0.431. The highest BCUT2D eigenvalue weighted by Crippen LogP contribution is 1.88. The molecule has 0 rings (SSSR count). The second kappa shape index (κ2) is 3.56. The van der Waals surface area contributed by atoms with E-state index in [1.165, 1.54) is 0 Å². The fourth-order valence-corrected chi connectivity index (χ4v) is 0.326. The van der Waals surface area contributed by atoms with E-state index in [9.17, 15) is 4.79 Å². The van der Waals surface area contributed by atoms with Gasteiger partial charge < -0.3 is 9.22 Å². The van der Waals surface area contributed by atoms with Gasteiger partial charge in [0.25, 0.3) is 0 Å². The van der Waals surface area contributed by atoms with Crippen molar-refractivity contribution in [1.29, 1.82) is 0 Å². The zero-order chi connectivity index (χ0) is 15.7. The molecule has 3 nitrogen and oxygen atoms in total. The highest BCUT2D eigenvalue weighted by molar-refractivity contribution is 5.65. The first-order chi connectivity index (χ1) is 8.17. The van der Waals surface area contributed by atoms with E-state index in [4.69, 9.17) is 12.3 Å². The fraction of sp³-hybridized carbons (Fsp3) is 0.857. The van der Waals surface area contributed by atoms with Crippen molar-refractivity contribution in [3.8, 4) is 0 Å². The lowest BCUT2D eigenvalue weighted by atomic mass is 10.5. The normalized spacial score (nSPS) is 28.3. The summed E-state index contributed by atoms with van der Waals surface area (Å²) in [6, 6.07) is 0. The average Bonchev–Trinajstić information content (AvgIpc) is 2.04. The van der Waals surface area contributed by atoms with E-state index in [-0.39, 0.29) is 0 Å². The summed E-state index contributed by atoms with van der Waals surface area (Å²) in [6.07, 6.45) is 0. The minimum Gasteiger partial charge on any atom is -0.460 e. The Kier molecular flexibility index (Phi) is 0.786. The van der Waals surface area contributed by atoms with Crippen molar-refractivity contribution in [2.75, 3.05) is 34.1 Å². The summed E-state index contributed by atoms with van der Waals surface area (Å²) in [5.41, 5.74) is 0. The lowest BCUT2D eigenvalue weighted by molar-refractivity contribution is -0.870. The van der Waals surface area contributed by atoms with Gasteiger partial charge in [0.1, 0.15) is 13.2 Å². The second-order valence-corrected chi connectivity index (χ2v) is 1.87. The van der Waals surface area contributed by atoms with Gasteiger partial charge in [-0.05, 0) is 0 Å². The largest absolute Gasteiger partial charge is 0.460 e. The standard InChI is InChI=1S/C7H16NO2/c1-7(9)10-6-5-8(2,3)4/h5-6H2,1-4H3/q+1/i2D3,3D3,4D3. The van der Waals surface area contributed by atoms with E-state index in [2.05, 4.69) is 4.74 Å². The van der Waals surface area contributed by atoms with Crippen molar-refractivity contribution >= 4 is 5.97 Å². The maximum atomic E-state index is 10.6. The Labute approximate surface area is 74.8 Å². The highest BCUT2D eigenvalue weighted by atomic mass is 16.5. The number of ether oxygens (including phenoxy) is 1. The zero-order valence-electron chi connectivity index (χ0n) is 14.7. The Morgan fingerprint density at radius 2 is 2.20 bits per heavy atom. The van der Waals surface area contributed by atoms with Gasteiger partial charge in [0.2, 0.25) is 0 Å². The topological polar surface area (TPSA) is 26.3 Å². The Morgan fingerprint density at radius 1 is 1.60 bits per heavy atom. The molecule has 0 aromatic heterocycles. The number of carbonyl (C=O) groups is 1. The van der Waals surface area contributed by atoms with E-state index in [0.717, 1.165) is 6.92 Å². The van der Waals surface area contributed by atoms with E-state index in [1.807, 2.05) is 0 Å². The summed E-state index contributed by atoms with van der Waals surface area (Å²) in [4.78, 5) is 10.6. The molecule has 0 amide bonds. The molecular formula is C7H16NO2+. The molecule has 0 saturated carbocycles. The van der Waals surface area contributed by atoms with Crippen LogP contribution in [0.2, 0.25) is 0 Å². The van der Waals surface area contributed by atoms with Gasteiger partial charge in [-0.3, -0.25) is 4.79 Å². The molecule has 3 heteroatoms. The maximum Gasteiger partial charge on any atom is 0.302 e. The molecule has 0 heterocycles. The number of esters is 1. The van der Waals surface area contributed by atoms with Crippen molar-refractivity contribution in [2.45, 2.75) is 6.92 Å². The van der Waals surface area contributed by atoms with Crippen LogP contribution in [-0.4, -0.2) is 44.5 Å². The third-order valence-electron chi connectivity index (χ3n) is 0.732. The molecular weight excluding hydrogens is 130 g/mol. The molecule has 0 N–H and O–H groups in total. The molecule has 0 unspecified atom stereocenters. The van der Waals surface area contributed by atoms with Crippen LogP contribution in [0.3, 0.4) is 0 Å². The Balaban J connectivity index is 5.62. The Hall–Kier alpha value is -0.570. The molecule has 60 valence electrons. The Morgan fingerprint density at radius 3 is 2.60 bits per heavy atom. The van der Waals surface area contributed by atoms with Crippen LogP contribution in [0.1, 0.15) is 19.3 Å². The minimum absolute atomic E-state index is 0.607. The molecule has 10 heavy (non-hydrogen) atoms. The van der Waals surface area contributed by atoms with Crippen molar-refractivity contribution in [2.24, 2.45) is 0 Å². The molecule has 0 atom stereocenters. The molecule has 0 aromatic carbocycles. The maximum absolute atomic E-state index is 10.6. The number of hydrogen-bond acceptors (Lipinski definition) is 2. The molecule has 0 aliphatic carbocycles. The first-order valence-corrected chi connectivity index (χ1v) is 2.68. The first kappa shape index (κ1) is 2.21. The van der Waals surface area contributed by atoms with Crippen LogP contribution in [0.5, 0.6) is 0 Å². The number of hydrogen-bond donors (Lipinski definition) is 0. The van der Waals surface area contributed by atoms with E-state index >= 15 is 0 Å². The van der Waals surface area contributed by atoms with E-state index < -0.39 is 44.5 Å². The van der Waals surface area contributed by atoms with Crippen LogP contribution in [0, 0.1) is 0 Å². The zero-order valence-corrected chi connectivity index (χ0v) is 5.68. The summed E-state index contributed by atoms with van der Waals surface area (Å²) < 4.78 is 67.9. The summed E-state index contributed by atoms with van der Waals surface area (Å²) >= 11 is 0. The first-order valence-electron chi connectivity index (χ1n) is 7.18. The van der Waals surface area contributed by atoms with Gasteiger partial charge in [0, 0.05) is 6.92 Å². The molecule has 0 saturated heterocycles. The third-order valence-corrected chi connectivity index (χ3v) is 0.732. The van der Waals surface area contributed by atoms with Gasteiger partial charge in [-0.25, -0.2) is 0 Å². The molecule has 0 aliphatic heterocycles. The van der Waals surface area contributed by atoms with Crippen molar-refractivity contribution in [3.05, 3.63) is 0 Å². The number of quaternary nitrogens is 1. The fourth-order valence-electron chi connectivity index (χ4n) is 0.326. The summed E-state index contributed by atoms with van der Waals surface area (Å²) in [5.74, 6) is -0.750. The van der Waals surface area contributed by atoms with E-state index in [0.29, 0.717) is 0 Å². The van der Waals surface area contributed by atoms with Gasteiger partial charge in [-0.2, -0.15) is 0 Å². The van der Waals surface area contributed by atoms with Crippen LogP contribution in [0.25, 0.3) is 0 Å². The summed E-state index contributed by atoms with van der Waals surface area (Å²) in [7, 11) is 0. The van der Waals surface area contributed by atoms with E-state index in [1.54, 1.807) is 0 Å². The lowest BCUT2D eigenvalue weighted by Gasteiger charge is -2.23. The van der Waals surface area contributed by atoms with Gasteiger partial charge in [0.05, 0.1) is 33.3 Å². The third kappa shape index (κ3) is 7.43. The smallest absolute Gasteiger partial charge is 0.302 e. The lowest BCUT2D eigenvalue weighted by Crippen LogP contribution is -2.37. The van der Waals surface area contributed by atoms with Crippen molar-refractivity contribution in [1.82, 2.24) is 0 Å². The van der Waals surface area contributed by atoms with Crippen LogP contribution in [0.4, 0.5) is 0 Å². The molecule has 0 spiro atoms. The molecule has 0 aromatic rings. The van der Waals surface area contributed by atoms with Crippen LogP contribution in [0.15, 0.2) is 0 Å². The predicted molar refractivity (Wildman–Crippen MR) is 39.5 cm³/mol. The Bertz CT molecular complexity index is 293. The number of carbonyl (C=O) groups excluding carboxylic acids is 1. The number of nitrogens with zero attached hydrogens (tertiary/aromatic N) is 1. The van der Waals surface area contributed by atoms with Crippen molar-refractivity contribution < 1.29 is 26.4 Å². The highest BCUT2D eigenvalue weighted by Gasteiger charge is 2.06. The number of likely N-dealkylation sites (N-methyl/N-ethyl adjacent to an activating group) is 1. The van der Waals surface area contributed by atoms with Gasteiger partial charge in [-0.1, -0.05) is 0 Å². The molecule has 0 radical (unpaired) electrons. The predicted octanol–water partition coefficient (Wildman–Crippen LogP) is 0.256. The SMILES string of the molecule is [2H]C([2H])([2H])[N+](CCOC(C)=O)(C([2H])([2H])[2H])C([2H])([2H])[2H]. The van der Waals surface area contributed by atoms with Gasteiger partial charge >= 0.3 is 5.97 Å². The molecule has 0 aliphatic rings. The van der Waals surface area contributed by atoms with Crippen LogP contribution >= 0.6 is 0 Å². The monoisotopic (exact) mass is 155 g/mol. The van der Waals surface area contributed by atoms with Crippen LogP contribution in [-0.2, 0) is 9.53 Å². The number of rotatable bonds is 3. The van der Waals surface area contributed by atoms with Gasteiger partial charge in [0.15, 0.2) is 0 Å². The summed E-state index contributed by atoms with van der Waals surface area (Å²) in [6.45, 7) is -10.3. The van der Waals surface area contributed by atoms with Crippen molar-refractivity contribution in [3.63, 3.8) is 0 Å². The van der Waals surface area contributed by atoms with Crippen LogP contribution < -0.4 is 0 Å². The molecule has 0 fully saturated rings.